The number of carboxylic acids is 1. The molecule has 4 aromatic rings. The van der Waals surface area contributed by atoms with Crippen molar-refractivity contribution < 1.29 is 23.4 Å². The Balaban J connectivity index is 1.21. The number of carbonyl (C=O) groups is 1. The van der Waals surface area contributed by atoms with E-state index in [4.69, 9.17) is 9.84 Å². The molecule has 9 nitrogen and oxygen atoms in total. The molecule has 2 fully saturated rings. The van der Waals surface area contributed by atoms with E-state index < -0.39 is 12.6 Å². The minimum absolute atomic E-state index is 0.0896. The molecular formula is C26H24F2N6O3. The van der Waals surface area contributed by atoms with Crippen LogP contribution in [-0.4, -0.2) is 55.1 Å². The Morgan fingerprint density at radius 3 is 2.59 bits per heavy atom. The second-order valence-corrected chi connectivity index (χ2v) is 9.88. The Labute approximate surface area is 210 Å². The summed E-state index contributed by atoms with van der Waals surface area (Å²) in [5, 5.41) is 9.13. The molecule has 1 aliphatic heterocycles. The molecule has 0 amide bonds. The number of anilines is 1. The van der Waals surface area contributed by atoms with Crippen LogP contribution in [-0.2, 0) is 11.2 Å². The van der Waals surface area contributed by atoms with Crippen molar-refractivity contribution in [2.75, 3.05) is 18.0 Å². The molecular weight excluding hydrogens is 482 g/mol. The van der Waals surface area contributed by atoms with Crippen LogP contribution >= 0.6 is 0 Å². The summed E-state index contributed by atoms with van der Waals surface area (Å²) in [4.78, 5) is 31.3. The Kier molecular flexibility index (Phi) is 5.50. The van der Waals surface area contributed by atoms with Gasteiger partial charge in [0.05, 0.1) is 29.2 Å². The first-order valence-corrected chi connectivity index (χ1v) is 12.0. The summed E-state index contributed by atoms with van der Waals surface area (Å²) >= 11 is 0. The summed E-state index contributed by atoms with van der Waals surface area (Å²) in [5.41, 5.74) is 4.36. The second-order valence-electron chi connectivity index (χ2n) is 9.88. The lowest BCUT2D eigenvalue weighted by Gasteiger charge is -2.58. The third-order valence-electron chi connectivity index (χ3n) is 7.33. The van der Waals surface area contributed by atoms with Gasteiger partial charge < -0.3 is 14.7 Å². The normalized spacial score (nSPS) is 16.7. The van der Waals surface area contributed by atoms with Gasteiger partial charge in [0.2, 0.25) is 5.95 Å². The lowest BCUT2D eigenvalue weighted by molar-refractivity contribution is -0.151. The zero-order chi connectivity index (χ0) is 25.7. The van der Waals surface area contributed by atoms with Gasteiger partial charge in [0.25, 0.3) is 0 Å². The van der Waals surface area contributed by atoms with E-state index in [-0.39, 0.29) is 17.1 Å². The van der Waals surface area contributed by atoms with Crippen molar-refractivity contribution in [2.24, 2.45) is 11.3 Å². The molecule has 1 N–H and O–H groups in total. The van der Waals surface area contributed by atoms with Gasteiger partial charge in [0, 0.05) is 54.6 Å². The highest BCUT2D eigenvalue weighted by atomic mass is 19.3. The number of aliphatic carboxylic acids is 1. The average molecular weight is 507 g/mol. The van der Waals surface area contributed by atoms with Gasteiger partial charge in [0.15, 0.2) is 5.65 Å². The number of rotatable bonds is 7. The number of aromatic nitrogens is 5. The quantitative estimate of drug-likeness (QED) is 0.401. The fraction of sp³-hybridized carbons (Fsp3) is 0.346. The van der Waals surface area contributed by atoms with Crippen LogP contribution in [0.25, 0.3) is 16.9 Å². The van der Waals surface area contributed by atoms with Gasteiger partial charge >= 0.3 is 12.6 Å². The predicted molar refractivity (Wildman–Crippen MR) is 130 cm³/mol. The summed E-state index contributed by atoms with van der Waals surface area (Å²) in [6.45, 7) is 0.515. The first-order chi connectivity index (χ1) is 17.8. The van der Waals surface area contributed by atoms with E-state index in [9.17, 15) is 13.6 Å². The van der Waals surface area contributed by atoms with Crippen molar-refractivity contribution in [3.8, 4) is 17.0 Å². The van der Waals surface area contributed by atoms with Crippen LogP contribution in [0.2, 0.25) is 0 Å². The van der Waals surface area contributed by atoms with Gasteiger partial charge in [-0.15, -0.1) is 0 Å². The monoisotopic (exact) mass is 506 g/mol. The molecule has 11 heteroatoms. The number of hydrogen-bond donors (Lipinski definition) is 1. The van der Waals surface area contributed by atoms with Crippen LogP contribution in [0.3, 0.4) is 0 Å². The van der Waals surface area contributed by atoms with E-state index in [1.165, 1.54) is 6.07 Å². The molecule has 1 spiro atoms. The maximum atomic E-state index is 12.9. The molecule has 3 aromatic heterocycles. The highest BCUT2D eigenvalue weighted by Gasteiger charge is 2.55. The summed E-state index contributed by atoms with van der Waals surface area (Å²) < 4.78 is 32.4. The van der Waals surface area contributed by atoms with E-state index >= 15 is 0 Å². The van der Waals surface area contributed by atoms with Crippen molar-refractivity contribution in [1.29, 1.82) is 0 Å². The Hall–Kier alpha value is -4.15. The molecule has 0 unspecified atom stereocenters. The van der Waals surface area contributed by atoms with Gasteiger partial charge in [-0.2, -0.15) is 8.78 Å². The van der Waals surface area contributed by atoms with Crippen molar-refractivity contribution >= 4 is 17.6 Å². The number of nitrogens with zero attached hydrogens (tertiary/aromatic N) is 6. The fourth-order valence-electron chi connectivity index (χ4n) is 5.46. The number of imidazole rings is 1. The number of para-hydroxylation sites is 1. The summed E-state index contributed by atoms with van der Waals surface area (Å²) in [5.74, 6) is -0.188. The van der Waals surface area contributed by atoms with Crippen LogP contribution in [0.15, 0.2) is 49.1 Å². The SMILES string of the molecule is Cc1nc2cnc(-c3cnc(N4CC5(CC(C(=O)O)C5)C4)nc3)cn2c1Cc1ccccc1OC(F)F. The summed E-state index contributed by atoms with van der Waals surface area (Å²) in [7, 11) is 0. The minimum Gasteiger partial charge on any atom is -0.481 e. The standard InChI is InChI=1S/C26H24F2N6O3/c1-15-20(6-16-4-2-3-5-21(16)37-24(27)28)34-12-19(29-11-22(34)32-15)18-9-30-25(31-10-18)33-13-26(14-33)7-17(8-26)23(35)36/h2-5,9-12,17,24H,6-8,13-14H2,1H3,(H,35,36). The number of ether oxygens (including phenoxy) is 1. The van der Waals surface area contributed by atoms with Crippen LogP contribution in [0, 0.1) is 18.3 Å². The van der Waals surface area contributed by atoms with Crippen molar-refractivity contribution in [1.82, 2.24) is 24.3 Å². The summed E-state index contributed by atoms with van der Waals surface area (Å²) in [6.07, 6.45) is 8.73. The van der Waals surface area contributed by atoms with Crippen LogP contribution in [0.4, 0.5) is 14.7 Å². The largest absolute Gasteiger partial charge is 0.481 e. The predicted octanol–water partition coefficient (Wildman–Crippen LogP) is 3.99. The molecule has 37 heavy (non-hydrogen) atoms. The van der Waals surface area contributed by atoms with Crippen molar-refractivity contribution in [3.05, 3.63) is 66.0 Å². The van der Waals surface area contributed by atoms with Gasteiger partial charge in [0.1, 0.15) is 5.75 Å². The highest BCUT2D eigenvalue weighted by Crippen LogP contribution is 2.52. The molecule has 0 bridgehead atoms. The molecule has 1 aromatic carbocycles. The highest BCUT2D eigenvalue weighted by molar-refractivity contribution is 5.72. The van der Waals surface area contributed by atoms with Gasteiger partial charge in [-0.25, -0.2) is 15.0 Å². The van der Waals surface area contributed by atoms with E-state index in [1.807, 2.05) is 17.5 Å². The van der Waals surface area contributed by atoms with E-state index in [0.717, 1.165) is 30.0 Å². The van der Waals surface area contributed by atoms with Gasteiger partial charge in [-0.1, -0.05) is 18.2 Å². The number of hydrogen-bond acceptors (Lipinski definition) is 7. The van der Waals surface area contributed by atoms with E-state index in [1.54, 1.807) is 36.8 Å². The van der Waals surface area contributed by atoms with Crippen molar-refractivity contribution in [3.63, 3.8) is 0 Å². The number of fused-ring (bicyclic) bond motifs is 1. The minimum atomic E-state index is -2.90. The first-order valence-electron chi connectivity index (χ1n) is 12.0. The number of carboxylic acid groups (broad SMARTS) is 1. The Morgan fingerprint density at radius 1 is 1.16 bits per heavy atom. The second kappa shape index (κ2) is 8.75. The third kappa shape index (κ3) is 4.24. The molecule has 1 aliphatic carbocycles. The zero-order valence-electron chi connectivity index (χ0n) is 20.0. The molecule has 2 aliphatic rings. The fourth-order valence-corrected chi connectivity index (χ4v) is 5.46. The molecule has 1 saturated carbocycles. The van der Waals surface area contributed by atoms with Crippen molar-refractivity contribution in [2.45, 2.75) is 32.8 Å². The van der Waals surface area contributed by atoms with E-state index in [0.29, 0.717) is 42.1 Å². The Morgan fingerprint density at radius 2 is 1.89 bits per heavy atom. The number of benzene rings is 1. The Bertz CT molecular complexity index is 1480. The van der Waals surface area contributed by atoms with Crippen LogP contribution in [0.1, 0.15) is 29.8 Å². The maximum absolute atomic E-state index is 12.9. The van der Waals surface area contributed by atoms with Crippen LogP contribution in [0.5, 0.6) is 5.75 Å². The lowest BCUT2D eigenvalue weighted by Crippen LogP contribution is -2.63. The number of halogens is 2. The van der Waals surface area contributed by atoms with Gasteiger partial charge in [-0.3, -0.25) is 14.2 Å². The number of alkyl halides is 2. The average Bonchev–Trinajstić information content (AvgIpc) is 3.12. The molecule has 6 rings (SSSR count). The summed E-state index contributed by atoms with van der Waals surface area (Å²) in [6, 6.07) is 6.73. The number of aryl methyl sites for hydroxylation is 1. The molecule has 0 radical (unpaired) electrons. The lowest BCUT2D eigenvalue weighted by atomic mass is 9.58. The first kappa shape index (κ1) is 23.3. The molecule has 1 saturated heterocycles. The molecule has 4 heterocycles. The van der Waals surface area contributed by atoms with Crippen LogP contribution < -0.4 is 9.64 Å². The zero-order valence-corrected chi connectivity index (χ0v) is 20.0. The molecule has 0 atom stereocenters. The van der Waals surface area contributed by atoms with E-state index in [2.05, 4.69) is 24.8 Å². The smallest absolute Gasteiger partial charge is 0.387 e. The topological polar surface area (TPSA) is 106 Å². The maximum Gasteiger partial charge on any atom is 0.387 e. The molecule has 190 valence electrons. The van der Waals surface area contributed by atoms with Gasteiger partial charge in [-0.05, 0) is 25.8 Å². The third-order valence-corrected chi connectivity index (χ3v) is 7.33.